The highest BCUT2D eigenvalue weighted by Gasteiger charge is 2.24. The van der Waals surface area contributed by atoms with Gasteiger partial charge in [0.1, 0.15) is 17.3 Å². The lowest BCUT2D eigenvalue weighted by Gasteiger charge is -2.23. The first-order valence-corrected chi connectivity index (χ1v) is 21.0. The third-order valence-electron chi connectivity index (χ3n) is 11.8. The first-order chi connectivity index (χ1) is 28.8. The highest BCUT2D eigenvalue weighted by atomic mass is 32.1. The molecule has 4 heteroatoms. The number of hydrogen-bond acceptors (Lipinski definition) is 4. The fourth-order valence-electron chi connectivity index (χ4n) is 9.07. The van der Waals surface area contributed by atoms with Crippen LogP contribution in [-0.2, 0) is 0 Å². The number of furan rings is 1. The number of thiophene rings is 1. The van der Waals surface area contributed by atoms with Gasteiger partial charge in [-0.05, 0) is 82.5 Å². The summed E-state index contributed by atoms with van der Waals surface area (Å²) >= 11 is 1.88. The molecule has 3 heterocycles. The molecule has 2 atom stereocenters. The normalized spacial score (nSPS) is 18.8. The zero-order chi connectivity index (χ0) is 38.4. The Hall–Kier alpha value is -6.75. The summed E-state index contributed by atoms with van der Waals surface area (Å²) in [6.45, 7) is 0. The second-order valence-corrected chi connectivity index (χ2v) is 16.3. The molecule has 0 bridgehead atoms. The van der Waals surface area contributed by atoms with Gasteiger partial charge >= 0.3 is 0 Å². The summed E-state index contributed by atoms with van der Waals surface area (Å²) in [5.74, 6) is 0.271. The molecule has 11 rings (SSSR count). The van der Waals surface area contributed by atoms with Crippen molar-refractivity contribution in [3.05, 3.63) is 210 Å². The van der Waals surface area contributed by atoms with Crippen LogP contribution < -0.4 is 5.32 Å². The number of para-hydroxylation sites is 1. The minimum absolute atomic E-state index is 0.220. The number of nitrogens with one attached hydrogen (secondary N) is 1. The average molecular weight is 765 g/mol. The van der Waals surface area contributed by atoms with Crippen molar-refractivity contribution < 1.29 is 4.42 Å². The maximum Gasteiger partial charge on any atom is 0.145 e. The van der Waals surface area contributed by atoms with Crippen molar-refractivity contribution in [1.82, 2.24) is 5.32 Å². The van der Waals surface area contributed by atoms with Crippen LogP contribution in [-0.4, -0.2) is 5.71 Å². The first-order valence-electron chi connectivity index (χ1n) is 20.2. The molecule has 1 N–H and O–H groups in total. The molecule has 1 aliphatic heterocycles. The number of fused-ring (bicyclic) bond motifs is 6. The fraction of sp³-hybridized carbons (Fsp3) is 0.0926. The maximum absolute atomic E-state index is 6.94. The average Bonchev–Trinajstić information content (AvgIpc) is 3.86. The van der Waals surface area contributed by atoms with E-state index in [4.69, 9.17) is 9.41 Å². The Bertz CT molecular complexity index is 3130. The fourth-order valence-corrected chi connectivity index (χ4v) is 10.2. The lowest BCUT2D eigenvalue weighted by atomic mass is 9.83. The molecule has 2 unspecified atom stereocenters. The molecule has 9 aromatic rings. The topological polar surface area (TPSA) is 37.5 Å². The largest absolute Gasteiger partial charge is 0.455 e. The van der Waals surface area contributed by atoms with Gasteiger partial charge in [-0.2, -0.15) is 0 Å². The van der Waals surface area contributed by atoms with Gasteiger partial charge in [0.2, 0.25) is 0 Å². The highest BCUT2D eigenvalue weighted by Crippen LogP contribution is 2.48. The van der Waals surface area contributed by atoms with Crippen LogP contribution in [0.2, 0.25) is 0 Å². The molecule has 0 radical (unpaired) electrons. The predicted octanol–water partition coefficient (Wildman–Crippen LogP) is 14.8. The van der Waals surface area contributed by atoms with E-state index in [1.54, 1.807) is 0 Å². The monoisotopic (exact) mass is 764 g/mol. The van der Waals surface area contributed by atoms with Gasteiger partial charge in [0.05, 0.1) is 0 Å². The smallest absolute Gasteiger partial charge is 0.145 e. The summed E-state index contributed by atoms with van der Waals surface area (Å²) in [5.41, 5.74) is 13.5. The Balaban J connectivity index is 1.03. The number of benzene rings is 7. The van der Waals surface area contributed by atoms with Crippen LogP contribution in [0, 0.1) is 0 Å². The Labute approximate surface area is 342 Å². The van der Waals surface area contributed by atoms with Crippen molar-refractivity contribution >= 4 is 64.9 Å². The standard InChI is InChI=1S/C54H40N2OS/c1-4-16-35(17-5-1)45-28-15-29-46(56-54(55-45)37-20-8-3-9-21-37)39-23-12-22-38(34-39)40-25-14-30-47-51(40)44-27-13-26-42(53(44)57-47)41-32-33-49-52(43-24-10-11-31-48(43)58-49)50(41)36-18-6-2-7-19-36/h1-14,16-18,20-28,30-34,36,54-55H,15,19,29H2/b45-28-,56-46+. The second-order valence-electron chi connectivity index (χ2n) is 15.3. The lowest BCUT2D eigenvalue weighted by Crippen LogP contribution is -2.22. The molecule has 2 aromatic heterocycles. The Morgan fingerprint density at radius 1 is 0.603 bits per heavy atom. The van der Waals surface area contributed by atoms with Gasteiger partial charge in [-0.1, -0.05) is 164 Å². The van der Waals surface area contributed by atoms with Gasteiger partial charge in [-0.3, -0.25) is 4.99 Å². The highest BCUT2D eigenvalue weighted by molar-refractivity contribution is 7.25. The minimum atomic E-state index is -0.220. The van der Waals surface area contributed by atoms with E-state index in [1.165, 1.54) is 36.9 Å². The molecular weight excluding hydrogens is 725 g/mol. The summed E-state index contributed by atoms with van der Waals surface area (Å²) in [6, 6.07) is 56.7. The summed E-state index contributed by atoms with van der Waals surface area (Å²) in [7, 11) is 0. The van der Waals surface area contributed by atoms with Gasteiger partial charge in [-0.25, -0.2) is 0 Å². The van der Waals surface area contributed by atoms with Crippen LogP contribution in [0.15, 0.2) is 198 Å². The Morgan fingerprint density at radius 3 is 2.24 bits per heavy atom. The van der Waals surface area contributed by atoms with Crippen LogP contribution in [0.3, 0.4) is 0 Å². The maximum atomic E-state index is 6.94. The van der Waals surface area contributed by atoms with E-state index >= 15 is 0 Å². The third kappa shape index (κ3) is 6.09. The van der Waals surface area contributed by atoms with Gasteiger partial charge < -0.3 is 9.73 Å². The summed E-state index contributed by atoms with van der Waals surface area (Å²) < 4.78 is 9.59. The zero-order valence-corrected chi connectivity index (χ0v) is 32.8. The Kier molecular flexibility index (Phi) is 8.71. The number of allylic oxidation sites excluding steroid dienone is 5. The number of hydrogen-bond donors (Lipinski definition) is 1. The van der Waals surface area contributed by atoms with Crippen molar-refractivity contribution in [2.75, 3.05) is 0 Å². The van der Waals surface area contributed by atoms with Crippen LogP contribution in [0.5, 0.6) is 0 Å². The van der Waals surface area contributed by atoms with Crippen LogP contribution in [0.25, 0.3) is 70.1 Å². The molecule has 0 saturated carbocycles. The van der Waals surface area contributed by atoms with Crippen molar-refractivity contribution in [2.24, 2.45) is 4.99 Å². The number of aliphatic imine (C=N–C) groups is 1. The third-order valence-corrected chi connectivity index (χ3v) is 12.9. The molecular formula is C54H40N2OS. The summed E-state index contributed by atoms with van der Waals surface area (Å²) in [5, 5.41) is 8.75. The van der Waals surface area contributed by atoms with E-state index in [2.05, 4.69) is 193 Å². The molecule has 278 valence electrons. The molecule has 2 aliphatic rings. The van der Waals surface area contributed by atoms with Crippen LogP contribution in [0.4, 0.5) is 0 Å². The van der Waals surface area contributed by atoms with Gasteiger partial charge in [0.25, 0.3) is 0 Å². The summed E-state index contributed by atoms with van der Waals surface area (Å²) in [6.07, 6.45) is 13.8. The SMILES string of the molecule is C1=CCC(c2c(-c3cccc4c3oc3cccc(-c5cccc(/C6=N/C(c7ccccc7)N/C(c7ccccc7)=C\CC6)c5)c34)ccc3sc4ccccc4c23)C=C1. The van der Waals surface area contributed by atoms with E-state index < -0.39 is 0 Å². The quantitative estimate of drug-likeness (QED) is 0.183. The molecule has 7 aromatic carbocycles. The molecule has 0 amide bonds. The van der Waals surface area contributed by atoms with E-state index in [9.17, 15) is 0 Å². The van der Waals surface area contributed by atoms with E-state index in [1.807, 2.05) is 11.3 Å². The van der Waals surface area contributed by atoms with E-state index in [0.717, 1.165) is 80.4 Å². The number of nitrogens with zero attached hydrogens (tertiary/aromatic N) is 1. The second kappa shape index (κ2) is 14.6. The van der Waals surface area contributed by atoms with E-state index in [0.29, 0.717) is 0 Å². The van der Waals surface area contributed by atoms with Crippen LogP contribution >= 0.6 is 11.3 Å². The van der Waals surface area contributed by atoms with Gasteiger partial charge in [0, 0.05) is 53.8 Å². The van der Waals surface area contributed by atoms with Crippen LogP contribution in [0.1, 0.15) is 53.6 Å². The molecule has 3 nitrogen and oxygen atoms in total. The number of rotatable bonds is 6. The molecule has 0 saturated heterocycles. The van der Waals surface area contributed by atoms with Gasteiger partial charge in [0.15, 0.2) is 0 Å². The first kappa shape index (κ1) is 34.5. The van der Waals surface area contributed by atoms with Gasteiger partial charge in [-0.15, -0.1) is 11.3 Å². The predicted molar refractivity (Wildman–Crippen MR) is 246 cm³/mol. The van der Waals surface area contributed by atoms with Crippen molar-refractivity contribution in [3.8, 4) is 22.3 Å². The minimum Gasteiger partial charge on any atom is -0.455 e. The lowest BCUT2D eigenvalue weighted by molar-refractivity contribution is 0.661. The molecule has 1 aliphatic carbocycles. The zero-order valence-electron chi connectivity index (χ0n) is 31.9. The molecule has 0 spiro atoms. The molecule has 0 fully saturated rings. The molecule has 58 heavy (non-hydrogen) atoms. The van der Waals surface area contributed by atoms with Crippen molar-refractivity contribution in [2.45, 2.75) is 31.3 Å². The summed E-state index contributed by atoms with van der Waals surface area (Å²) in [4.78, 5) is 5.46. The van der Waals surface area contributed by atoms with E-state index in [-0.39, 0.29) is 12.1 Å². The Morgan fingerprint density at radius 2 is 1.36 bits per heavy atom. The van der Waals surface area contributed by atoms with Crippen molar-refractivity contribution in [3.63, 3.8) is 0 Å². The van der Waals surface area contributed by atoms with Crippen molar-refractivity contribution in [1.29, 1.82) is 0 Å².